The fourth-order valence-corrected chi connectivity index (χ4v) is 2.52. The summed E-state index contributed by atoms with van der Waals surface area (Å²) in [5.41, 5.74) is 2.61. The maximum atomic E-state index is 12.2. The van der Waals surface area contributed by atoms with Crippen LogP contribution in [0.2, 0.25) is 0 Å². The van der Waals surface area contributed by atoms with E-state index in [0.29, 0.717) is 17.2 Å². The van der Waals surface area contributed by atoms with Crippen molar-refractivity contribution in [3.63, 3.8) is 0 Å². The van der Waals surface area contributed by atoms with E-state index in [2.05, 4.69) is 12.2 Å². The first-order chi connectivity index (χ1) is 13.0. The average molecular weight is 367 g/mol. The second kappa shape index (κ2) is 8.40. The lowest BCUT2D eigenvalue weighted by molar-refractivity contribution is -0.148. The number of fused-ring (bicyclic) bond motifs is 1. The van der Waals surface area contributed by atoms with Gasteiger partial charge in [-0.2, -0.15) is 0 Å². The number of esters is 1. The lowest BCUT2D eigenvalue weighted by Crippen LogP contribution is -2.29. The van der Waals surface area contributed by atoms with Gasteiger partial charge >= 0.3 is 5.97 Å². The van der Waals surface area contributed by atoms with Crippen LogP contribution in [0.3, 0.4) is 0 Å². The van der Waals surface area contributed by atoms with Crippen LogP contribution in [0.4, 0.5) is 5.69 Å². The molecule has 6 heteroatoms. The zero-order valence-electron chi connectivity index (χ0n) is 15.2. The van der Waals surface area contributed by atoms with Gasteiger partial charge in [-0.3, -0.25) is 4.79 Å². The Morgan fingerprint density at radius 3 is 2.63 bits per heavy atom. The van der Waals surface area contributed by atoms with Crippen LogP contribution in [0.15, 0.2) is 48.5 Å². The van der Waals surface area contributed by atoms with E-state index < -0.39 is 12.1 Å². The molecule has 3 rings (SSSR count). The molecule has 1 heterocycles. The third-order valence-corrected chi connectivity index (χ3v) is 4.10. The summed E-state index contributed by atoms with van der Waals surface area (Å²) < 4.78 is 15.7. The van der Waals surface area contributed by atoms with Gasteiger partial charge in [-0.25, -0.2) is 4.79 Å². The van der Waals surface area contributed by atoms with E-state index in [0.717, 1.165) is 12.0 Å². The molecule has 0 saturated carbocycles. The fraction of sp³-hybridized carbons (Fsp3) is 0.238. The monoisotopic (exact) mass is 367 g/mol. The first-order valence-corrected chi connectivity index (χ1v) is 8.73. The lowest BCUT2D eigenvalue weighted by Gasteiger charge is -2.12. The Balaban J connectivity index is 1.52. The highest BCUT2D eigenvalue weighted by molar-refractivity contribution is 5.96. The number of amides is 1. The van der Waals surface area contributed by atoms with Crippen LogP contribution in [-0.2, 0) is 20.7 Å². The quantitative estimate of drug-likeness (QED) is 0.624. The Bertz CT molecular complexity index is 857. The number of aryl methyl sites for hydroxylation is 1. The summed E-state index contributed by atoms with van der Waals surface area (Å²) in [4.78, 5) is 24.1. The summed E-state index contributed by atoms with van der Waals surface area (Å²) in [6.45, 7) is 3.78. The highest BCUT2D eigenvalue weighted by Crippen LogP contribution is 2.32. The third kappa shape index (κ3) is 4.88. The first kappa shape index (κ1) is 18.5. The van der Waals surface area contributed by atoms with Crippen molar-refractivity contribution >= 4 is 23.6 Å². The van der Waals surface area contributed by atoms with E-state index in [4.69, 9.17) is 14.2 Å². The Morgan fingerprint density at radius 2 is 1.89 bits per heavy atom. The standard InChI is InChI=1S/C21H21NO5/c1-3-15-4-8-17(9-5-15)22-21(24)14(2)27-20(23)11-7-16-6-10-18-19(12-16)26-13-25-18/h4-12,14H,3,13H2,1-2H3,(H,22,24)/b11-7+/t14-/m0/s1. The number of nitrogens with one attached hydrogen (secondary N) is 1. The van der Waals surface area contributed by atoms with E-state index in [9.17, 15) is 9.59 Å². The molecular formula is C21H21NO5. The largest absolute Gasteiger partial charge is 0.454 e. The molecule has 1 N–H and O–H groups in total. The molecule has 0 radical (unpaired) electrons. The number of carbonyl (C=O) groups is 2. The van der Waals surface area contributed by atoms with E-state index >= 15 is 0 Å². The molecule has 6 nitrogen and oxygen atoms in total. The zero-order valence-corrected chi connectivity index (χ0v) is 15.2. The molecule has 0 aromatic heterocycles. The van der Waals surface area contributed by atoms with Gasteiger partial charge in [0.1, 0.15) is 0 Å². The zero-order chi connectivity index (χ0) is 19.2. The smallest absolute Gasteiger partial charge is 0.331 e. The van der Waals surface area contributed by atoms with Crippen LogP contribution in [0.5, 0.6) is 11.5 Å². The van der Waals surface area contributed by atoms with Crippen LogP contribution in [0, 0.1) is 0 Å². The van der Waals surface area contributed by atoms with Crippen LogP contribution in [0.25, 0.3) is 6.08 Å². The van der Waals surface area contributed by atoms with Crippen molar-refractivity contribution in [2.24, 2.45) is 0 Å². The molecule has 2 aromatic rings. The Morgan fingerprint density at radius 1 is 1.15 bits per heavy atom. The molecule has 0 aliphatic carbocycles. The molecule has 0 unspecified atom stereocenters. The van der Waals surface area contributed by atoms with Gasteiger partial charge < -0.3 is 19.5 Å². The summed E-state index contributed by atoms with van der Waals surface area (Å²) >= 11 is 0. The van der Waals surface area contributed by atoms with Crippen molar-refractivity contribution in [2.45, 2.75) is 26.4 Å². The van der Waals surface area contributed by atoms with E-state index in [-0.39, 0.29) is 12.7 Å². The van der Waals surface area contributed by atoms with Crippen molar-refractivity contribution in [1.29, 1.82) is 0 Å². The summed E-state index contributed by atoms with van der Waals surface area (Å²) in [7, 11) is 0. The van der Waals surface area contributed by atoms with Crippen molar-refractivity contribution in [3.05, 3.63) is 59.7 Å². The minimum absolute atomic E-state index is 0.193. The summed E-state index contributed by atoms with van der Waals surface area (Å²) in [5, 5.41) is 2.73. The van der Waals surface area contributed by atoms with Gasteiger partial charge in [0.05, 0.1) is 0 Å². The topological polar surface area (TPSA) is 73.9 Å². The van der Waals surface area contributed by atoms with Crippen molar-refractivity contribution < 1.29 is 23.8 Å². The summed E-state index contributed by atoms with van der Waals surface area (Å²) in [5.74, 6) is 0.320. The minimum atomic E-state index is -0.912. The molecule has 0 fully saturated rings. The number of carbonyl (C=O) groups excluding carboxylic acids is 2. The number of hydrogen-bond donors (Lipinski definition) is 1. The SMILES string of the molecule is CCc1ccc(NC(=O)[C@H](C)OC(=O)/C=C/c2ccc3c(c2)OCO3)cc1. The van der Waals surface area contributed by atoms with Crippen molar-refractivity contribution in [1.82, 2.24) is 0 Å². The molecular weight excluding hydrogens is 346 g/mol. The van der Waals surface area contributed by atoms with Crippen molar-refractivity contribution in [3.8, 4) is 11.5 Å². The molecule has 2 aromatic carbocycles. The van der Waals surface area contributed by atoms with Crippen LogP contribution >= 0.6 is 0 Å². The number of rotatable bonds is 6. The number of hydrogen-bond acceptors (Lipinski definition) is 5. The second-order valence-electron chi connectivity index (χ2n) is 6.06. The second-order valence-corrected chi connectivity index (χ2v) is 6.06. The Kier molecular flexibility index (Phi) is 5.76. The lowest BCUT2D eigenvalue weighted by atomic mass is 10.1. The first-order valence-electron chi connectivity index (χ1n) is 8.73. The molecule has 1 aliphatic heterocycles. The fourth-order valence-electron chi connectivity index (χ4n) is 2.52. The van der Waals surface area contributed by atoms with Gasteiger partial charge in [-0.15, -0.1) is 0 Å². The molecule has 0 bridgehead atoms. The normalized spacial score (nSPS) is 13.4. The Labute approximate surface area is 157 Å². The minimum Gasteiger partial charge on any atom is -0.454 e. The molecule has 1 atom stereocenters. The van der Waals surface area contributed by atoms with Crippen LogP contribution in [0.1, 0.15) is 25.0 Å². The van der Waals surface area contributed by atoms with Gasteiger partial charge in [-0.1, -0.05) is 25.1 Å². The van der Waals surface area contributed by atoms with E-state index in [1.807, 2.05) is 24.3 Å². The van der Waals surface area contributed by atoms with Gasteiger partial charge in [0.25, 0.3) is 5.91 Å². The van der Waals surface area contributed by atoms with Crippen molar-refractivity contribution in [2.75, 3.05) is 12.1 Å². The highest BCUT2D eigenvalue weighted by Gasteiger charge is 2.17. The molecule has 0 spiro atoms. The maximum Gasteiger partial charge on any atom is 0.331 e. The maximum absolute atomic E-state index is 12.2. The molecule has 27 heavy (non-hydrogen) atoms. The van der Waals surface area contributed by atoms with Gasteiger partial charge in [0, 0.05) is 11.8 Å². The molecule has 1 aliphatic rings. The van der Waals surface area contributed by atoms with Crippen LogP contribution < -0.4 is 14.8 Å². The van der Waals surface area contributed by atoms with Gasteiger partial charge in [0.2, 0.25) is 6.79 Å². The van der Waals surface area contributed by atoms with Gasteiger partial charge in [0.15, 0.2) is 17.6 Å². The molecule has 140 valence electrons. The summed E-state index contributed by atoms with van der Waals surface area (Å²) in [6.07, 6.45) is 2.89. The predicted octanol–water partition coefficient (Wildman–Crippen LogP) is 3.56. The number of anilines is 1. The average Bonchev–Trinajstić information content (AvgIpc) is 3.14. The van der Waals surface area contributed by atoms with E-state index in [1.54, 1.807) is 24.3 Å². The van der Waals surface area contributed by atoms with Gasteiger partial charge in [-0.05, 0) is 54.8 Å². The number of benzene rings is 2. The predicted molar refractivity (Wildman–Crippen MR) is 102 cm³/mol. The third-order valence-electron chi connectivity index (χ3n) is 4.10. The molecule has 0 saturated heterocycles. The van der Waals surface area contributed by atoms with E-state index in [1.165, 1.54) is 18.6 Å². The summed E-state index contributed by atoms with van der Waals surface area (Å²) in [6, 6.07) is 12.9. The van der Waals surface area contributed by atoms with Crippen LogP contribution in [-0.4, -0.2) is 24.8 Å². The Hall–Kier alpha value is -3.28. The number of ether oxygens (including phenoxy) is 3. The molecule has 1 amide bonds. The highest BCUT2D eigenvalue weighted by atomic mass is 16.7.